The Morgan fingerprint density at radius 1 is 0.850 bits per heavy atom. The lowest BCUT2D eigenvalue weighted by Gasteiger charge is -2.14. The second kappa shape index (κ2) is 9.18. The van der Waals surface area contributed by atoms with Gasteiger partial charge in [-0.25, -0.2) is 0 Å². The minimum absolute atomic E-state index is 0.607. The topological polar surface area (TPSA) is 12.0 Å². The molecule has 0 heterocycles. The summed E-state index contributed by atoms with van der Waals surface area (Å²) in [4.78, 5) is 0. The van der Waals surface area contributed by atoms with Crippen molar-refractivity contribution in [2.45, 2.75) is 66.3 Å². The van der Waals surface area contributed by atoms with E-state index < -0.39 is 0 Å². The van der Waals surface area contributed by atoms with Gasteiger partial charge in [0, 0.05) is 6.04 Å². The van der Waals surface area contributed by atoms with Crippen LogP contribution in [0.2, 0.25) is 0 Å². The molecule has 0 fully saturated rings. The Morgan fingerprint density at radius 2 is 1.45 bits per heavy atom. The van der Waals surface area contributed by atoms with Crippen molar-refractivity contribution in [1.82, 2.24) is 5.32 Å². The third-order valence-corrected chi connectivity index (χ3v) is 3.78. The fraction of sp³-hybridized carbons (Fsp3) is 0.684. The van der Waals surface area contributed by atoms with Crippen molar-refractivity contribution >= 4 is 0 Å². The van der Waals surface area contributed by atoms with Crippen LogP contribution < -0.4 is 5.32 Å². The van der Waals surface area contributed by atoms with Gasteiger partial charge in [-0.05, 0) is 55.2 Å². The molecule has 1 heteroatoms. The van der Waals surface area contributed by atoms with E-state index >= 15 is 0 Å². The van der Waals surface area contributed by atoms with Crippen LogP contribution in [0.25, 0.3) is 0 Å². The summed E-state index contributed by atoms with van der Waals surface area (Å²) in [6.45, 7) is 12.5. The summed E-state index contributed by atoms with van der Waals surface area (Å²) in [6, 6.07) is 9.85. The highest BCUT2D eigenvalue weighted by Crippen LogP contribution is 2.15. The first kappa shape index (κ1) is 17.2. The molecule has 0 aliphatic rings. The summed E-state index contributed by atoms with van der Waals surface area (Å²) in [7, 11) is 0. The molecule has 0 amide bonds. The summed E-state index contributed by atoms with van der Waals surface area (Å²) in [5.74, 6) is 1.55. The van der Waals surface area contributed by atoms with Crippen molar-refractivity contribution in [1.29, 1.82) is 0 Å². The highest BCUT2D eigenvalue weighted by molar-refractivity contribution is 5.22. The van der Waals surface area contributed by atoms with E-state index in [2.05, 4.69) is 64.2 Å². The lowest BCUT2D eigenvalue weighted by Crippen LogP contribution is -2.24. The molecule has 0 saturated heterocycles. The lowest BCUT2D eigenvalue weighted by atomic mass is 9.96. The zero-order valence-electron chi connectivity index (χ0n) is 14.1. The maximum absolute atomic E-state index is 3.50. The highest BCUT2D eigenvalue weighted by atomic mass is 14.9. The molecule has 0 aliphatic heterocycles. The van der Waals surface area contributed by atoms with Crippen LogP contribution in [0.3, 0.4) is 0 Å². The number of benzene rings is 1. The summed E-state index contributed by atoms with van der Waals surface area (Å²) < 4.78 is 0. The first-order chi connectivity index (χ1) is 9.47. The molecule has 0 saturated carbocycles. The molecule has 0 radical (unpaired) electrons. The van der Waals surface area contributed by atoms with Crippen LogP contribution in [-0.2, 0) is 12.8 Å². The lowest BCUT2D eigenvalue weighted by molar-refractivity contribution is 0.454. The predicted octanol–water partition coefficient (Wildman–Crippen LogP) is 4.84. The molecule has 0 bridgehead atoms. The Morgan fingerprint density at radius 3 is 2.00 bits per heavy atom. The summed E-state index contributed by atoms with van der Waals surface area (Å²) in [5, 5.41) is 3.50. The van der Waals surface area contributed by atoms with Crippen LogP contribution >= 0.6 is 0 Å². The van der Waals surface area contributed by atoms with Gasteiger partial charge in [0.25, 0.3) is 0 Å². The molecule has 1 atom stereocenters. The van der Waals surface area contributed by atoms with Gasteiger partial charge in [-0.1, -0.05) is 58.9 Å². The Hall–Kier alpha value is -0.820. The van der Waals surface area contributed by atoms with Gasteiger partial charge < -0.3 is 5.32 Å². The van der Waals surface area contributed by atoms with Gasteiger partial charge in [-0.3, -0.25) is 0 Å². The van der Waals surface area contributed by atoms with Gasteiger partial charge in [0.2, 0.25) is 0 Å². The molecule has 1 aromatic rings. The van der Waals surface area contributed by atoms with Gasteiger partial charge in [0.1, 0.15) is 0 Å². The predicted molar refractivity (Wildman–Crippen MR) is 90.2 cm³/mol. The molecule has 1 aromatic carbocycles. The average Bonchev–Trinajstić information content (AvgIpc) is 2.37. The largest absolute Gasteiger partial charge is 0.315 e. The van der Waals surface area contributed by atoms with Crippen molar-refractivity contribution in [3.05, 3.63) is 35.4 Å². The van der Waals surface area contributed by atoms with Crippen molar-refractivity contribution in [2.75, 3.05) is 6.54 Å². The van der Waals surface area contributed by atoms with Gasteiger partial charge in [-0.15, -0.1) is 0 Å². The number of hydrogen-bond acceptors (Lipinski definition) is 1. The van der Waals surface area contributed by atoms with E-state index in [4.69, 9.17) is 0 Å². The number of rotatable bonds is 9. The first-order valence-electron chi connectivity index (χ1n) is 8.28. The maximum Gasteiger partial charge on any atom is 0.00103 e. The standard InChI is InChI=1S/C19H33N/c1-15(2)14-19-10-8-18(9-11-19)7-6-17(5)12-13-20-16(3)4/h8-11,15-17,20H,6-7,12-14H2,1-5H3. The first-order valence-corrected chi connectivity index (χ1v) is 8.28. The van der Waals surface area contributed by atoms with Crippen LogP contribution in [0.15, 0.2) is 24.3 Å². The van der Waals surface area contributed by atoms with E-state index in [-0.39, 0.29) is 0 Å². The third kappa shape index (κ3) is 7.69. The van der Waals surface area contributed by atoms with E-state index in [1.165, 1.54) is 36.8 Å². The molecule has 114 valence electrons. The maximum atomic E-state index is 3.50. The van der Waals surface area contributed by atoms with Crippen LogP contribution in [0.1, 0.15) is 58.6 Å². The Kier molecular flexibility index (Phi) is 7.91. The van der Waals surface area contributed by atoms with Crippen molar-refractivity contribution in [3.8, 4) is 0 Å². The van der Waals surface area contributed by atoms with E-state index in [0.29, 0.717) is 6.04 Å². The van der Waals surface area contributed by atoms with Crippen LogP contribution in [-0.4, -0.2) is 12.6 Å². The molecule has 1 nitrogen and oxygen atoms in total. The SMILES string of the molecule is CC(C)Cc1ccc(CCC(C)CCNC(C)C)cc1. The quantitative estimate of drug-likeness (QED) is 0.680. The average molecular weight is 275 g/mol. The van der Waals surface area contributed by atoms with E-state index in [1.807, 2.05) is 0 Å². The number of hydrogen-bond donors (Lipinski definition) is 1. The Balaban J connectivity index is 2.27. The van der Waals surface area contributed by atoms with Gasteiger partial charge in [0.15, 0.2) is 0 Å². The molecular weight excluding hydrogens is 242 g/mol. The molecule has 1 N–H and O–H groups in total. The molecule has 0 aromatic heterocycles. The molecular formula is C19H33N. The summed E-state index contributed by atoms with van der Waals surface area (Å²) in [6.07, 6.45) is 4.98. The molecule has 1 rings (SSSR count). The Bertz CT molecular complexity index is 351. The fourth-order valence-electron chi connectivity index (χ4n) is 2.49. The molecule has 1 unspecified atom stereocenters. The zero-order chi connectivity index (χ0) is 15.0. The van der Waals surface area contributed by atoms with Crippen molar-refractivity contribution in [2.24, 2.45) is 11.8 Å². The van der Waals surface area contributed by atoms with Gasteiger partial charge in [0.05, 0.1) is 0 Å². The fourth-order valence-corrected chi connectivity index (χ4v) is 2.49. The van der Waals surface area contributed by atoms with Crippen molar-refractivity contribution < 1.29 is 0 Å². The van der Waals surface area contributed by atoms with Crippen LogP contribution in [0.4, 0.5) is 0 Å². The smallest absolute Gasteiger partial charge is 0.00103 e. The minimum Gasteiger partial charge on any atom is -0.315 e. The second-order valence-corrected chi connectivity index (χ2v) is 6.96. The van der Waals surface area contributed by atoms with Crippen LogP contribution in [0, 0.1) is 11.8 Å². The van der Waals surface area contributed by atoms with Crippen LogP contribution in [0.5, 0.6) is 0 Å². The molecule has 20 heavy (non-hydrogen) atoms. The molecule has 0 aliphatic carbocycles. The van der Waals surface area contributed by atoms with E-state index in [0.717, 1.165) is 18.4 Å². The highest BCUT2D eigenvalue weighted by Gasteiger charge is 2.04. The second-order valence-electron chi connectivity index (χ2n) is 6.96. The normalized spacial score (nSPS) is 13.2. The van der Waals surface area contributed by atoms with Crippen molar-refractivity contribution in [3.63, 3.8) is 0 Å². The number of aryl methyl sites for hydroxylation is 1. The number of nitrogens with one attached hydrogen (secondary N) is 1. The van der Waals surface area contributed by atoms with Gasteiger partial charge in [-0.2, -0.15) is 0 Å². The minimum atomic E-state index is 0.607. The zero-order valence-corrected chi connectivity index (χ0v) is 14.1. The van der Waals surface area contributed by atoms with Gasteiger partial charge >= 0.3 is 0 Å². The Labute approximate surface area is 126 Å². The summed E-state index contributed by atoms with van der Waals surface area (Å²) >= 11 is 0. The monoisotopic (exact) mass is 275 g/mol. The van der Waals surface area contributed by atoms with E-state index in [1.54, 1.807) is 0 Å². The van der Waals surface area contributed by atoms with E-state index in [9.17, 15) is 0 Å². The summed E-state index contributed by atoms with van der Waals surface area (Å²) in [5.41, 5.74) is 2.96. The third-order valence-electron chi connectivity index (χ3n) is 3.78. The molecule has 0 spiro atoms.